The van der Waals surface area contributed by atoms with Gasteiger partial charge in [0.2, 0.25) is 0 Å². The molecule has 0 bridgehead atoms. The van der Waals surface area contributed by atoms with Crippen molar-refractivity contribution in [1.82, 2.24) is 0 Å². The molecule has 1 amide bonds. The number of carbonyl (C=O) groups excluding carboxylic acids is 3. The van der Waals surface area contributed by atoms with E-state index in [4.69, 9.17) is 4.74 Å². The summed E-state index contributed by atoms with van der Waals surface area (Å²) in [6, 6.07) is 0. The normalized spacial score (nSPS) is 14.2. The molecule has 0 aliphatic carbocycles. The minimum absolute atomic E-state index is 0.103. The molecule has 1 aromatic rings. The Morgan fingerprint density at radius 3 is 2.25 bits per heavy atom. The lowest BCUT2D eigenvalue weighted by molar-refractivity contribution is -0.917. The standard InChI is InChI=1S/C17H24N2O4S.C5H10O.C2H2/c1-12-11-24-16(17(22)23-3)15(12)18-14(21)10-19(9-13(2)20)7-5-4-6-8-19;1-3-4-5-6-2;1-2/h11H,4-10H2,1-3H3;4-5H,3H2,1-2H3;1-2H/p+1/b;5-4-;. The first-order valence-corrected chi connectivity index (χ1v) is 11.5. The van der Waals surface area contributed by atoms with Crippen molar-refractivity contribution in [1.29, 1.82) is 0 Å². The number of hydrogen-bond donors (Lipinski definition) is 1. The summed E-state index contributed by atoms with van der Waals surface area (Å²) in [4.78, 5) is 36.5. The zero-order valence-electron chi connectivity index (χ0n) is 19.9. The molecule has 1 fully saturated rings. The predicted octanol–water partition coefficient (Wildman–Crippen LogP) is 4.18. The number of methoxy groups -OCH3 is 2. The Hall–Kier alpha value is -2.63. The predicted molar refractivity (Wildman–Crippen MR) is 130 cm³/mol. The molecule has 1 N–H and O–H groups in total. The third-order valence-electron chi connectivity index (χ3n) is 4.88. The van der Waals surface area contributed by atoms with Gasteiger partial charge in [-0.15, -0.1) is 24.2 Å². The van der Waals surface area contributed by atoms with Gasteiger partial charge in [0.05, 0.1) is 39.3 Å². The van der Waals surface area contributed by atoms with E-state index < -0.39 is 5.97 Å². The zero-order chi connectivity index (χ0) is 24.6. The van der Waals surface area contributed by atoms with Gasteiger partial charge in [-0.25, -0.2) is 4.79 Å². The third-order valence-corrected chi connectivity index (χ3v) is 5.96. The number of ether oxygens (including phenoxy) is 2. The van der Waals surface area contributed by atoms with Crippen molar-refractivity contribution in [3.05, 3.63) is 28.2 Å². The number of amides is 1. The van der Waals surface area contributed by atoms with E-state index >= 15 is 0 Å². The SMILES string of the molecule is C#C.CC/C=C\OC.COC(=O)c1scc(C)c1NC(=O)C[N+]1(CC(C)=O)CCCCC1. The number of ketones is 1. The Balaban J connectivity index is 0.00000104. The molecule has 8 heteroatoms. The van der Waals surface area contributed by atoms with Crippen LogP contribution in [0.5, 0.6) is 0 Å². The van der Waals surface area contributed by atoms with Gasteiger partial charge in [-0.3, -0.25) is 9.59 Å². The zero-order valence-corrected chi connectivity index (χ0v) is 20.8. The van der Waals surface area contributed by atoms with Crippen LogP contribution in [0.2, 0.25) is 0 Å². The highest BCUT2D eigenvalue weighted by Crippen LogP contribution is 2.28. The molecule has 1 aliphatic rings. The van der Waals surface area contributed by atoms with Gasteiger partial charge in [-0.2, -0.15) is 0 Å². The first kappa shape index (κ1) is 29.4. The van der Waals surface area contributed by atoms with Crippen LogP contribution in [0.3, 0.4) is 0 Å². The number of carbonyl (C=O) groups is 3. The van der Waals surface area contributed by atoms with Gasteiger partial charge < -0.3 is 19.3 Å². The van der Waals surface area contributed by atoms with E-state index in [2.05, 4.69) is 29.8 Å². The number of anilines is 1. The average molecular weight is 466 g/mol. The molecule has 32 heavy (non-hydrogen) atoms. The van der Waals surface area contributed by atoms with Crippen LogP contribution in [0.4, 0.5) is 5.69 Å². The van der Waals surface area contributed by atoms with E-state index in [1.165, 1.54) is 18.4 Å². The van der Waals surface area contributed by atoms with Crippen LogP contribution in [0, 0.1) is 19.8 Å². The van der Waals surface area contributed by atoms with Crippen molar-refractivity contribution in [3.8, 4) is 12.8 Å². The Kier molecular flexibility index (Phi) is 14.7. The summed E-state index contributed by atoms with van der Waals surface area (Å²) in [5, 5.41) is 4.69. The Bertz CT molecular complexity index is 771. The number of nitrogens with zero attached hydrogens (tertiary/aromatic N) is 1. The molecule has 1 aliphatic heterocycles. The maximum atomic E-state index is 12.6. The number of esters is 1. The van der Waals surface area contributed by atoms with Crippen molar-refractivity contribution in [2.24, 2.45) is 0 Å². The minimum atomic E-state index is -0.450. The fourth-order valence-corrected chi connectivity index (χ4v) is 4.47. The van der Waals surface area contributed by atoms with Gasteiger partial charge in [0.15, 0.2) is 12.3 Å². The topological polar surface area (TPSA) is 81.7 Å². The van der Waals surface area contributed by atoms with E-state index in [0.717, 1.165) is 44.3 Å². The second kappa shape index (κ2) is 16.1. The van der Waals surface area contributed by atoms with Crippen LogP contribution >= 0.6 is 11.3 Å². The highest BCUT2D eigenvalue weighted by atomic mass is 32.1. The summed E-state index contributed by atoms with van der Waals surface area (Å²) < 4.78 is 9.88. The van der Waals surface area contributed by atoms with Gasteiger partial charge in [0, 0.05) is 6.92 Å². The second-order valence-corrected chi connectivity index (χ2v) is 8.43. The van der Waals surface area contributed by atoms with Crippen LogP contribution in [0.1, 0.15) is 54.8 Å². The first-order chi connectivity index (χ1) is 15.3. The summed E-state index contributed by atoms with van der Waals surface area (Å²) in [6.45, 7) is 7.83. The van der Waals surface area contributed by atoms with E-state index in [0.29, 0.717) is 21.6 Å². The number of piperidine rings is 1. The monoisotopic (exact) mass is 465 g/mol. The van der Waals surface area contributed by atoms with E-state index in [9.17, 15) is 14.4 Å². The van der Waals surface area contributed by atoms with Crippen molar-refractivity contribution in [2.45, 2.75) is 46.5 Å². The smallest absolute Gasteiger partial charge is 0.350 e. The molecular formula is C24H37N2O5S+. The number of likely N-dealkylation sites (tertiary alicyclic amines) is 1. The Labute approximate surface area is 196 Å². The van der Waals surface area contributed by atoms with Gasteiger partial charge in [-0.1, -0.05) is 13.0 Å². The summed E-state index contributed by atoms with van der Waals surface area (Å²) in [5.41, 5.74) is 1.36. The van der Waals surface area contributed by atoms with Crippen LogP contribution in [-0.4, -0.2) is 62.5 Å². The number of rotatable bonds is 8. The molecule has 7 nitrogen and oxygen atoms in total. The molecular weight excluding hydrogens is 428 g/mol. The number of aryl methyl sites for hydroxylation is 1. The molecule has 0 atom stereocenters. The molecule has 0 saturated carbocycles. The Morgan fingerprint density at radius 2 is 1.78 bits per heavy atom. The first-order valence-electron chi connectivity index (χ1n) is 10.6. The molecule has 0 spiro atoms. The highest BCUT2D eigenvalue weighted by molar-refractivity contribution is 7.12. The summed E-state index contributed by atoms with van der Waals surface area (Å²) >= 11 is 1.26. The lowest BCUT2D eigenvalue weighted by Gasteiger charge is -2.40. The van der Waals surface area contributed by atoms with E-state index in [-0.39, 0.29) is 18.2 Å². The summed E-state index contributed by atoms with van der Waals surface area (Å²) in [6.07, 6.45) is 15.9. The van der Waals surface area contributed by atoms with E-state index in [1.807, 2.05) is 18.4 Å². The largest absolute Gasteiger partial charge is 0.505 e. The highest BCUT2D eigenvalue weighted by Gasteiger charge is 2.34. The van der Waals surface area contributed by atoms with Crippen molar-refractivity contribution >= 4 is 34.7 Å². The summed E-state index contributed by atoms with van der Waals surface area (Å²) in [7, 11) is 2.97. The third kappa shape index (κ3) is 10.1. The summed E-state index contributed by atoms with van der Waals surface area (Å²) in [5.74, 6) is -0.509. The average Bonchev–Trinajstić information content (AvgIpc) is 3.13. The molecule has 0 aromatic carbocycles. The molecule has 2 heterocycles. The molecule has 1 saturated heterocycles. The van der Waals surface area contributed by atoms with Crippen LogP contribution < -0.4 is 5.32 Å². The number of thiophene rings is 1. The van der Waals surface area contributed by atoms with E-state index in [1.54, 1.807) is 20.3 Å². The number of allylic oxidation sites excluding steroid dienone is 1. The molecule has 2 rings (SSSR count). The number of Topliss-reactive ketones (excluding diaryl/α,β-unsaturated/α-hetero) is 1. The van der Waals surface area contributed by atoms with Crippen LogP contribution in [0.25, 0.3) is 0 Å². The second-order valence-electron chi connectivity index (χ2n) is 7.55. The number of terminal acetylenes is 1. The van der Waals surface area contributed by atoms with Crippen molar-refractivity contribution in [3.63, 3.8) is 0 Å². The van der Waals surface area contributed by atoms with Crippen molar-refractivity contribution < 1.29 is 28.3 Å². The van der Waals surface area contributed by atoms with Gasteiger partial charge in [0.1, 0.15) is 11.4 Å². The van der Waals surface area contributed by atoms with Crippen LogP contribution in [0.15, 0.2) is 17.7 Å². The number of quaternary nitrogens is 1. The maximum Gasteiger partial charge on any atom is 0.350 e. The maximum absolute atomic E-state index is 12.6. The number of nitrogens with one attached hydrogen (secondary N) is 1. The van der Waals surface area contributed by atoms with Gasteiger partial charge in [0.25, 0.3) is 5.91 Å². The minimum Gasteiger partial charge on any atom is -0.505 e. The quantitative estimate of drug-likeness (QED) is 0.270. The molecule has 0 unspecified atom stereocenters. The van der Waals surface area contributed by atoms with Crippen molar-refractivity contribution in [2.75, 3.05) is 45.7 Å². The van der Waals surface area contributed by atoms with Gasteiger partial charge in [-0.05, 0) is 43.6 Å². The molecule has 0 radical (unpaired) electrons. The fraction of sp³-hybridized carbons (Fsp3) is 0.542. The lowest BCUT2D eigenvalue weighted by Crippen LogP contribution is -2.57. The van der Waals surface area contributed by atoms with Crippen LogP contribution in [-0.2, 0) is 19.1 Å². The molecule has 178 valence electrons. The van der Waals surface area contributed by atoms with Gasteiger partial charge >= 0.3 is 5.97 Å². The fourth-order valence-electron chi connectivity index (χ4n) is 3.55. The Morgan fingerprint density at radius 1 is 1.16 bits per heavy atom. The lowest BCUT2D eigenvalue weighted by atomic mass is 10.1. The molecule has 1 aromatic heterocycles. The number of hydrogen-bond acceptors (Lipinski definition) is 6.